The molecule has 94 valence electrons. The molecular formula is C10H13BrClN3OS. The monoisotopic (exact) mass is 337 g/mol. The van der Waals surface area contributed by atoms with Crippen molar-refractivity contribution in [3.63, 3.8) is 0 Å². The van der Waals surface area contributed by atoms with Crippen LogP contribution in [0.25, 0.3) is 0 Å². The quantitative estimate of drug-likeness (QED) is 0.852. The van der Waals surface area contributed by atoms with Crippen molar-refractivity contribution < 1.29 is 4.52 Å². The average Bonchev–Trinajstić information content (AvgIpc) is 2.83. The predicted molar refractivity (Wildman–Crippen MR) is 73.7 cm³/mol. The molecule has 0 saturated carbocycles. The molecule has 0 spiro atoms. The van der Waals surface area contributed by atoms with E-state index in [1.54, 1.807) is 11.3 Å². The van der Waals surface area contributed by atoms with Crippen LogP contribution in [-0.2, 0) is 13.0 Å². The van der Waals surface area contributed by atoms with Gasteiger partial charge in [0.05, 0.1) is 3.79 Å². The van der Waals surface area contributed by atoms with Crippen molar-refractivity contribution in [3.05, 3.63) is 32.5 Å². The van der Waals surface area contributed by atoms with Gasteiger partial charge in [-0.05, 0) is 35.0 Å². The van der Waals surface area contributed by atoms with Gasteiger partial charge < -0.3 is 9.84 Å². The summed E-state index contributed by atoms with van der Waals surface area (Å²) in [4.78, 5) is 5.45. The Kier molecular flexibility index (Phi) is 6.11. The molecule has 17 heavy (non-hydrogen) atoms. The van der Waals surface area contributed by atoms with Crippen LogP contribution in [0, 0.1) is 6.92 Å². The molecule has 2 rings (SSSR count). The highest BCUT2D eigenvalue weighted by molar-refractivity contribution is 9.11. The van der Waals surface area contributed by atoms with Gasteiger partial charge in [-0.3, -0.25) is 0 Å². The summed E-state index contributed by atoms with van der Waals surface area (Å²) in [6.07, 6.45) is 0.771. The molecule has 2 aromatic rings. The normalized spacial score (nSPS) is 10.2. The SMILES string of the molecule is Cc1noc(CCNCc2ccc(Br)s2)n1.Cl. The maximum absolute atomic E-state index is 5.01. The molecule has 0 aliphatic rings. The van der Waals surface area contributed by atoms with Gasteiger partial charge >= 0.3 is 0 Å². The second-order valence-corrected chi connectivity index (χ2v) is 5.92. The Labute approximate surface area is 118 Å². The number of hydrogen-bond acceptors (Lipinski definition) is 5. The molecule has 0 radical (unpaired) electrons. The number of aromatic nitrogens is 2. The first kappa shape index (κ1) is 14.6. The second-order valence-electron chi connectivity index (χ2n) is 3.37. The van der Waals surface area contributed by atoms with Crippen molar-refractivity contribution in [2.75, 3.05) is 6.54 Å². The van der Waals surface area contributed by atoms with Gasteiger partial charge in [-0.1, -0.05) is 5.16 Å². The topological polar surface area (TPSA) is 51.0 Å². The van der Waals surface area contributed by atoms with Crippen molar-refractivity contribution in [1.29, 1.82) is 0 Å². The number of nitrogens with one attached hydrogen (secondary N) is 1. The third-order valence-corrected chi connectivity index (χ3v) is 3.64. The highest BCUT2D eigenvalue weighted by Crippen LogP contribution is 2.21. The second kappa shape index (κ2) is 7.10. The summed E-state index contributed by atoms with van der Waals surface area (Å²) in [7, 11) is 0. The van der Waals surface area contributed by atoms with E-state index in [2.05, 4.69) is 43.5 Å². The molecule has 0 aromatic carbocycles. The van der Waals surface area contributed by atoms with E-state index >= 15 is 0 Å². The molecule has 0 fully saturated rings. The highest BCUT2D eigenvalue weighted by Gasteiger charge is 2.02. The van der Waals surface area contributed by atoms with E-state index in [1.807, 2.05) is 6.92 Å². The maximum Gasteiger partial charge on any atom is 0.227 e. The number of nitrogens with zero attached hydrogens (tertiary/aromatic N) is 2. The van der Waals surface area contributed by atoms with Crippen LogP contribution in [0.3, 0.4) is 0 Å². The first-order valence-corrected chi connectivity index (χ1v) is 6.59. The molecule has 0 aliphatic carbocycles. The largest absolute Gasteiger partial charge is 0.339 e. The van der Waals surface area contributed by atoms with E-state index in [0.29, 0.717) is 11.7 Å². The Balaban J connectivity index is 0.00000144. The molecule has 2 heterocycles. The fraction of sp³-hybridized carbons (Fsp3) is 0.400. The average molecular weight is 339 g/mol. The van der Waals surface area contributed by atoms with Crippen LogP contribution in [0.1, 0.15) is 16.6 Å². The van der Waals surface area contributed by atoms with Crippen molar-refractivity contribution in [1.82, 2.24) is 15.5 Å². The van der Waals surface area contributed by atoms with Crippen molar-refractivity contribution in [2.45, 2.75) is 19.9 Å². The summed E-state index contributed by atoms with van der Waals surface area (Å²) in [5.41, 5.74) is 0. The highest BCUT2D eigenvalue weighted by atomic mass is 79.9. The lowest BCUT2D eigenvalue weighted by atomic mass is 10.4. The number of rotatable bonds is 5. The minimum atomic E-state index is 0. The van der Waals surface area contributed by atoms with Gasteiger partial charge in [0.25, 0.3) is 0 Å². The Morgan fingerprint density at radius 2 is 2.29 bits per heavy atom. The van der Waals surface area contributed by atoms with Gasteiger partial charge in [0.1, 0.15) is 0 Å². The van der Waals surface area contributed by atoms with Gasteiger partial charge in [0, 0.05) is 24.4 Å². The van der Waals surface area contributed by atoms with Crippen LogP contribution in [-0.4, -0.2) is 16.7 Å². The molecule has 0 aliphatic heterocycles. The molecule has 0 unspecified atom stereocenters. The summed E-state index contributed by atoms with van der Waals surface area (Å²) < 4.78 is 6.18. The van der Waals surface area contributed by atoms with E-state index in [0.717, 1.165) is 23.3 Å². The van der Waals surface area contributed by atoms with Gasteiger partial charge in [-0.15, -0.1) is 23.7 Å². The van der Waals surface area contributed by atoms with Crippen LogP contribution < -0.4 is 5.32 Å². The van der Waals surface area contributed by atoms with Crippen LogP contribution >= 0.6 is 39.7 Å². The number of hydrogen-bond donors (Lipinski definition) is 1. The van der Waals surface area contributed by atoms with E-state index in [9.17, 15) is 0 Å². The lowest BCUT2D eigenvalue weighted by molar-refractivity contribution is 0.372. The summed E-state index contributed by atoms with van der Waals surface area (Å²) in [5.74, 6) is 1.38. The van der Waals surface area contributed by atoms with Crippen LogP contribution in [0.15, 0.2) is 20.4 Å². The van der Waals surface area contributed by atoms with E-state index < -0.39 is 0 Å². The van der Waals surface area contributed by atoms with E-state index in [4.69, 9.17) is 4.52 Å². The van der Waals surface area contributed by atoms with Crippen LogP contribution in [0.2, 0.25) is 0 Å². The fourth-order valence-electron chi connectivity index (χ4n) is 1.30. The minimum absolute atomic E-state index is 0. The Hall–Kier alpha value is -0.430. The number of halogens is 2. The third kappa shape index (κ3) is 4.75. The van der Waals surface area contributed by atoms with Gasteiger partial charge in [-0.25, -0.2) is 0 Å². The minimum Gasteiger partial charge on any atom is -0.339 e. The molecule has 0 amide bonds. The van der Waals surface area contributed by atoms with Crippen molar-refractivity contribution in [2.24, 2.45) is 0 Å². The first-order chi connectivity index (χ1) is 7.74. The zero-order valence-corrected chi connectivity index (χ0v) is 12.5. The lowest BCUT2D eigenvalue weighted by Gasteiger charge is -1.99. The molecule has 0 saturated heterocycles. The molecular weight excluding hydrogens is 326 g/mol. The molecule has 7 heteroatoms. The Morgan fingerprint density at radius 3 is 2.88 bits per heavy atom. The fourth-order valence-corrected chi connectivity index (χ4v) is 2.75. The molecule has 1 N–H and O–H groups in total. The maximum atomic E-state index is 5.01. The van der Waals surface area contributed by atoms with E-state index in [1.165, 1.54) is 4.88 Å². The van der Waals surface area contributed by atoms with Crippen LogP contribution in [0.5, 0.6) is 0 Å². The van der Waals surface area contributed by atoms with Gasteiger partial charge in [-0.2, -0.15) is 4.98 Å². The zero-order valence-electron chi connectivity index (χ0n) is 9.27. The summed E-state index contributed by atoms with van der Waals surface area (Å²) in [6, 6.07) is 4.17. The third-order valence-electron chi connectivity index (χ3n) is 2.01. The Bertz CT molecular complexity index is 418. The smallest absolute Gasteiger partial charge is 0.227 e. The van der Waals surface area contributed by atoms with Crippen molar-refractivity contribution in [3.8, 4) is 0 Å². The molecule has 0 atom stereocenters. The summed E-state index contributed by atoms with van der Waals surface area (Å²) >= 11 is 5.18. The lowest BCUT2D eigenvalue weighted by Crippen LogP contribution is -2.16. The summed E-state index contributed by atoms with van der Waals surface area (Å²) in [5, 5.41) is 7.07. The van der Waals surface area contributed by atoms with Crippen molar-refractivity contribution >= 4 is 39.7 Å². The molecule has 0 bridgehead atoms. The van der Waals surface area contributed by atoms with Gasteiger partial charge in [0.2, 0.25) is 5.89 Å². The molecule has 4 nitrogen and oxygen atoms in total. The van der Waals surface area contributed by atoms with E-state index in [-0.39, 0.29) is 12.4 Å². The molecule has 2 aromatic heterocycles. The standard InChI is InChI=1S/C10H12BrN3OS.ClH/c1-7-13-10(15-14-7)4-5-12-6-8-2-3-9(11)16-8;/h2-3,12H,4-6H2,1H3;1H. The first-order valence-electron chi connectivity index (χ1n) is 4.98. The Morgan fingerprint density at radius 1 is 1.47 bits per heavy atom. The van der Waals surface area contributed by atoms with Gasteiger partial charge in [0.15, 0.2) is 5.82 Å². The number of aryl methyl sites for hydroxylation is 1. The zero-order chi connectivity index (χ0) is 11.4. The number of thiophene rings is 1. The predicted octanol–water partition coefficient (Wildman–Crippen LogP) is 2.96. The summed E-state index contributed by atoms with van der Waals surface area (Å²) in [6.45, 7) is 3.55. The van der Waals surface area contributed by atoms with Crippen LogP contribution in [0.4, 0.5) is 0 Å².